The molecule has 0 radical (unpaired) electrons. The number of fused-ring (bicyclic) bond motifs is 1. The lowest BCUT2D eigenvalue weighted by molar-refractivity contribution is -0.384. The summed E-state index contributed by atoms with van der Waals surface area (Å²) < 4.78 is 7.94. The molecule has 3 aromatic carbocycles. The monoisotopic (exact) mass is 463 g/mol. The molecule has 0 aliphatic heterocycles. The van der Waals surface area contributed by atoms with Crippen LogP contribution in [0.4, 0.5) is 11.4 Å². The number of hydrogen-bond acceptors (Lipinski definition) is 7. The average molecular weight is 464 g/mol. The Hall–Kier alpha value is -3.92. The summed E-state index contributed by atoms with van der Waals surface area (Å²) >= 11 is 1.27. The minimum Gasteiger partial charge on any atom is -0.485 e. The molecule has 0 saturated heterocycles. The standard InChI is InChI=1S/C23H21N5O4S/c1-2-27-21(14-32-20-9-5-7-16-6-3-4-8-19(16)20)25-26-23(27)33-15-22(29)24-17-10-12-18(13-11-17)28(30)31/h3-13H,2,14-15H2,1H3,(H,24,29). The molecule has 0 saturated carbocycles. The van der Waals surface area contributed by atoms with Gasteiger partial charge in [0.2, 0.25) is 5.91 Å². The molecule has 0 spiro atoms. The summed E-state index contributed by atoms with van der Waals surface area (Å²) in [5.41, 5.74) is 0.462. The number of aromatic nitrogens is 3. The van der Waals surface area contributed by atoms with Gasteiger partial charge in [0.25, 0.3) is 5.69 Å². The van der Waals surface area contributed by atoms with Gasteiger partial charge in [-0.25, -0.2) is 0 Å². The number of benzene rings is 3. The second-order valence-electron chi connectivity index (χ2n) is 7.05. The Morgan fingerprint density at radius 3 is 2.61 bits per heavy atom. The van der Waals surface area contributed by atoms with Gasteiger partial charge < -0.3 is 14.6 Å². The molecule has 168 valence electrons. The molecule has 1 N–H and O–H groups in total. The fraction of sp³-hybridized carbons (Fsp3) is 0.174. The summed E-state index contributed by atoms with van der Waals surface area (Å²) in [5, 5.41) is 24.7. The van der Waals surface area contributed by atoms with Crippen LogP contribution >= 0.6 is 11.8 Å². The number of non-ortho nitro benzene ring substituents is 1. The Balaban J connectivity index is 1.37. The fourth-order valence-corrected chi connectivity index (χ4v) is 4.13. The Labute approximate surface area is 193 Å². The van der Waals surface area contributed by atoms with E-state index >= 15 is 0 Å². The van der Waals surface area contributed by atoms with E-state index in [-0.39, 0.29) is 24.0 Å². The summed E-state index contributed by atoms with van der Waals surface area (Å²) in [6, 6.07) is 19.6. The smallest absolute Gasteiger partial charge is 0.269 e. The maximum atomic E-state index is 12.3. The first-order chi connectivity index (χ1) is 16.0. The lowest BCUT2D eigenvalue weighted by Crippen LogP contribution is -2.15. The number of nitrogens with zero attached hydrogens (tertiary/aromatic N) is 4. The highest BCUT2D eigenvalue weighted by atomic mass is 32.2. The van der Waals surface area contributed by atoms with Crippen LogP contribution in [0.5, 0.6) is 5.75 Å². The minimum absolute atomic E-state index is 0.0309. The van der Waals surface area contributed by atoms with Crippen molar-refractivity contribution in [1.29, 1.82) is 0 Å². The summed E-state index contributed by atoms with van der Waals surface area (Å²) in [5.74, 6) is 1.33. The number of anilines is 1. The molecule has 1 aromatic heterocycles. The van der Waals surface area contributed by atoms with Crippen molar-refractivity contribution >= 4 is 39.8 Å². The van der Waals surface area contributed by atoms with E-state index in [4.69, 9.17) is 4.74 Å². The number of rotatable bonds is 9. The van der Waals surface area contributed by atoms with E-state index in [1.54, 1.807) is 0 Å². The van der Waals surface area contributed by atoms with Crippen LogP contribution in [-0.2, 0) is 17.9 Å². The van der Waals surface area contributed by atoms with Gasteiger partial charge in [0.15, 0.2) is 11.0 Å². The van der Waals surface area contributed by atoms with E-state index in [1.807, 2.05) is 54.0 Å². The Kier molecular flexibility index (Phi) is 6.84. The number of amides is 1. The highest BCUT2D eigenvalue weighted by molar-refractivity contribution is 7.99. The van der Waals surface area contributed by atoms with Crippen LogP contribution in [0.1, 0.15) is 12.7 Å². The van der Waals surface area contributed by atoms with Crippen LogP contribution in [-0.4, -0.2) is 31.3 Å². The van der Waals surface area contributed by atoms with E-state index < -0.39 is 4.92 Å². The maximum absolute atomic E-state index is 12.3. The van der Waals surface area contributed by atoms with Gasteiger partial charge in [0.05, 0.1) is 10.7 Å². The van der Waals surface area contributed by atoms with Gasteiger partial charge in [-0.15, -0.1) is 10.2 Å². The molecule has 10 heteroatoms. The number of carbonyl (C=O) groups is 1. The second-order valence-corrected chi connectivity index (χ2v) is 7.99. The van der Waals surface area contributed by atoms with Gasteiger partial charge in [0, 0.05) is 29.8 Å². The van der Waals surface area contributed by atoms with Gasteiger partial charge >= 0.3 is 0 Å². The zero-order chi connectivity index (χ0) is 23.2. The third kappa shape index (κ3) is 5.29. The molecule has 0 aliphatic carbocycles. The van der Waals surface area contributed by atoms with Gasteiger partial charge in [0.1, 0.15) is 12.4 Å². The number of hydrogen-bond donors (Lipinski definition) is 1. The van der Waals surface area contributed by atoms with Crippen LogP contribution in [0.2, 0.25) is 0 Å². The van der Waals surface area contributed by atoms with Crippen molar-refractivity contribution in [2.45, 2.75) is 25.2 Å². The van der Waals surface area contributed by atoms with Crippen LogP contribution in [0, 0.1) is 10.1 Å². The Morgan fingerprint density at radius 2 is 1.85 bits per heavy atom. The van der Waals surface area contributed by atoms with E-state index in [2.05, 4.69) is 15.5 Å². The van der Waals surface area contributed by atoms with E-state index in [0.29, 0.717) is 23.2 Å². The third-order valence-corrected chi connectivity index (χ3v) is 5.88. The number of nitro groups is 1. The Bertz CT molecular complexity index is 1280. The van der Waals surface area contributed by atoms with Crippen molar-refractivity contribution in [2.24, 2.45) is 0 Å². The van der Waals surface area contributed by atoms with Crippen LogP contribution in [0.3, 0.4) is 0 Å². The molecular formula is C23H21N5O4S. The largest absolute Gasteiger partial charge is 0.485 e. The molecule has 1 amide bonds. The van der Waals surface area contributed by atoms with Crippen LogP contribution in [0.25, 0.3) is 10.8 Å². The zero-order valence-electron chi connectivity index (χ0n) is 17.8. The lowest BCUT2D eigenvalue weighted by atomic mass is 10.1. The zero-order valence-corrected chi connectivity index (χ0v) is 18.6. The normalized spacial score (nSPS) is 10.8. The van der Waals surface area contributed by atoms with Crippen molar-refractivity contribution in [2.75, 3.05) is 11.1 Å². The summed E-state index contributed by atoms with van der Waals surface area (Å²) in [6.07, 6.45) is 0. The maximum Gasteiger partial charge on any atom is 0.269 e. The van der Waals surface area contributed by atoms with Crippen molar-refractivity contribution in [3.63, 3.8) is 0 Å². The topological polar surface area (TPSA) is 112 Å². The molecule has 0 unspecified atom stereocenters. The molecule has 4 aromatic rings. The number of nitrogens with one attached hydrogen (secondary N) is 1. The average Bonchev–Trinajstić information content (AvgIpc) is 3.23. The van der Waals surface area contributed by atoms with Crippen molar-refractivity contribution in [3.05, 3.63) is 82.7 Å². The van der Waals surface area contributed by atoms with Crippen molar-refractivity contribution < 1.29 is 14.5 Å². The van der Waals surface area contributed by atoms with Gasteiger partial charge in [-0.3, -0.25) is 14.9 Å². The molecule has 33 heavy (non-hydrogen) atoms. The van der Waals surface area contributed by atoms with Gasteiger partial charge in [-0.05, 0) is 30.5 Å². The number of thioether (sulfide) groups is 1. The first-order valence-corrected chi connectivity index (χ1v) is 11.2. The SMILES string of the molecule is CCn1c(COc2cccc3ccccc23)nnc1SCC(=O)Nc1ccc([N+](=O)[O-])cc1. The first-order valence-electron chi connectivity index (χ1n) is 10.2. The number of nitro benzene ring substituents is 1. The highest BCUT2D eigenvalue weighted by Gasteiger charge is 2.15. The first kappa shape index (κ1) is 22.3. The molecule has 0 aliphatic rings. The molecule has 9 nitrogen and oxygen atoms in total. The summed E-state index contributed by atoms with van der Waals surface area (Å²) in [7, 11) is 0. The van der Waals surface area contributed by atoms with E-state index in [0.717, 1.165) is 16.5 Å². The van der Waals surface area contributed by atoms with Gasteiger partial charge in [-0.2, -0.15) is 0 Å². The number of ether oxygens (including phenoxy) is 1. The third-order valence-electron chi connectivity index (χ3n) is 4.91. The molecule has 0 fully saturated rings. The molecule has 1 heterocycles. The van der Waals surface area contributed by atoms with Crippen molar-refractivity contribution in [1.82, 2.24) is 14.8 Å². The predicted octanol–water partition coefficient (Wildman–Crippen LogP) is 4.67. The van der Waals surface area contributed by atoms with Crippen molar-refractivity contribution in [3.8, 4) is 5.75 Å². The molecule has 4 rings (SSSR count). The van der Waals surface area contributed by atoms with E-state index in [1.165, 1.54) is 36.0 Å². The molecular weight excluding hydrogens is 442 g/mol. The highest BCUT2D eigenvalue weighted by Crippen LogP contribution is 2.26. The van der Waals surface area contributed by atoms with Crippen LogP contribution < -0.4 is 10.1 Å². The fourth-order valence-electron chi connectivity index (χ4n) is 3.31. The summed E-state index contributed by atoms with van der Waals surface area (Å²) in [4.78, 5) is 22.5. The minimum atomic E-state index is -0.486. The Morgan fingerprint density at radius 1 is 1.09 bits per heavy atom. The molecule has 0 atom stereocenters. The molecule has 0 bridgehead atoms. The van der Waals surface area contributed by atoms with Gasteiger partial charge in [-0.1, -0.05) is 48.2 Å². The van der Waals surface area contributed by atoms with E-state index in [9.17, 15) is 14.9 Å². The quantitative estimate of drug-likeness (QED) is 0.218. The lowest BCUT2D eigenvalue weighted by Gasteiger charge is -2.11. The second kappa shape index (κ2) is 10.1. The number of carbonyl (C=O) groups excluding carboxylic acids is 1. The summed E-state index contributed by atoms with van der Waals surface area (Å²) in [6.45, 7) is 2.86. The predicted molar refractivity (Wildman–Crippen MR) is 126 cm³/mol. The van der Waals surface area contributed by atoms with Crippen LogP contribution in [0.15, 0.2) is 71.9 Å².